The lowest BCUT2D eigenvalue weighted by molar-refractivity contribution is 0.627. The van der Waals surface area contributed by atoms with Crippen LogP contribution in [0.4, 0.5) is 0 Å². The average molecular weight is 218 g/mol. The van der Waals surface area contributed by atoms with Gasteiger partial charge >= 0.3 is 0 Å². The summed E-state index contributed by atoms with van der Waals surface area (Å²) in [5.41, 5.74) is 2.71. The van der Waals surface area contributed by atoms with E-state index in [2.05, 4.69) is 25.0 Å². The third kappa shape index (κ3) is 2.81. The van der Waals surface area contributed by atoms with Gasteiger partial charge in [-0.05, 0) is 31.2 Å². The van der Waals surface area contributed by atoms with Crippen LogP contribution in [0.1, 0.15) is 69.0 Å². The van der Waals surface area contributed by atoms with E-state index in [1.54, 1.807) is 0 Å². The molecule has 0 spiro atoms. The van der Waals surface area contributed by atoms with E-state index in [1.807, 2.05) is 0 Å². The topological polar surface area (TPSA) is 25.8 Å². The number of rotatable bonds is 1. The highest BCUT2D eigenvalue weighted by Gasteiger charge is 2.10. The summed E-state index contributed by atoms with van der Waals surface area (Å²) in [7, 11) is 0. The Balaban J connectivity index is 2.24. The molecule has 0 radical (unpaired) electrons. The van der Waals surface area contributed by atoms with Crippen molar-refractivity contribution in [3.63, 3.8) is 0 Å². The van der Waals surface area contributed by atoms with Crippen molar-refractivity contribution >= 4 is 0 Å². The zero-order valence-corrected chi connectivity index (χ0v) is 10.5. The first-order valence-corrected chi connectivity index (χ1v) is 6.62. The summed E-state index contributed by atoms with van der Waals surface area (Å²) >= 11 is 0. The van der Waals surface area contributed by atoms with Crippen LogP contribution in [0.15, 0.2) is 6.20 Å². The SMILES string of the molecule is CC(C)c1ncc2c(n1)CCCCCCC2. The molecule has 0 unspecified atom stereocenters. The van der Waals surface area contributed by atoms with E-state index in [-0.39, 0.29) is 0 Å². The second-order valence-electron chi connectivity index (χ2n) is 5.12. The molecule has 1 aromatic heterocycles. The van der Waals surface area contributed by atoms with Crippen molar-refractivity contribution in [3.8, 4) is 0 Å². The van der Waals surface area contributed by atoms with Gasteiger partial charge < -0.3 is 0 Å². The summed E-state index contributed by atoms with van der Waals surface area (Å²) in [5.74, 6) is 1.45. The molecule has 16 heavy (non-hydrogen) atoms. The molecule has 0 fully saturated rings. The highest BCUT2D eigenvalue weighted by atomic mass is 14.9. The Morgan fingerprint density at radius 2 is 1.69 bits per heavy atom. The van der Waals surface area contributed by atoms with Crippen molar-refractivity contribution in [2.75, 3.05) is 0 Å². The van der Waals surface area contributed by atoms with E-state index in [0.717, 1.165) is 12.2 Å². The summed E-state index contributed by atoms with van der Waals surface area (Å²) in [4.78, 5) is 9.23. The summed E-state index contributed by atoms with van der Waals surface area (Å²) in [6, 6.07) is 0. The Bertz CT molecular complexity index is 345. The number of nitrogens with zero attached hydrogens (tertiary/aromatic N) is 2. The van der Waals surface area contributed by atoms with Crippen LogP contribution < -0.4 is 0 Å². The van der Waals surface area contributed by atoms with Crippen molar-refractivity contribution < 1.29 is 0 Å². The van der Waals surface area contributed by atoms with E-state index in [0.29, 0.717) is 5.92 Å². The van der Waals surface area contributed by atoms with Crippen LogP contribution in [0.2, 0.25) is 0 Å². The maximum atomic E-state index is 4.74. The van der Waals surface area contributed by atoms with E-state index in [9.17, 15) is 0 Å². The van der Waals surface area contributed by atoms with Crippen molar-refractivity contribution in [2.45, 2.75) is 64.7 Å². The Morgan fingerprint density at radius 3 is 2.44 bits per heavy atom. The van der Waals surface area contributed by atoms with Crippen LogP contribution in [-0.2, 0) is 12.8 Å². The third-order valence-corrected chi connectivity index (χ3v) is 3.35. The zero-order chi connectivity index (χ0) is 11.4. The third-order valence-electron chi connectivity index (χ3n) is 3.35. The molecule has 0 aromatic carbocycles. The number of hydrogen-bond acceptors (Lipinski definition) is 2. The van der Waals surface area contributed by atoms with Gasteiger partial charge in [0.05, 0.1) is 0 Å². The van der Waals surface area contributed by atoms with Crippen molar-refractivity contribution in [2.24, 2.45) is 0 Å². The molecule has 0 N–H and O–H groups in total. The maximum absolute atomic E-state index is 4.74. The van der Waals surface area contributed by atoms with Gasteiger partial charge in [0.15, 0.2) is 0 Å². The smallest absolute Gasteiger partial charge is 0.131 e. The van der Waals surface area contributed by atoms with Gasteiger partial charge in [-0.2, -0.15) is 0 Å². The minimum Gasteiger partial charge on any atom is -0.241 e. The predicted octanol–water partition coefficient (Wildman–Crippen LogP) is 3.65. The predicted molar refractivity (Wildman–Crippen MR) is 66.6 cm³/mol. The molecule has 0 atom stereocenters. The van der Waals surface area contributed by atoms with Crippen molar-refractivity contribution in [1.82, 2.24) is 9.97 Å². The zero-order valence-electron chi connectivity index (χ0n) is 10.5. The summed E-state index contributed by atoms with van der Waals surface area (Å²) in [5, 5.41) is 0. The maximum Gasteiger partial charge on any atom is 0.131 e. The number of hydrogen-bond donors (Lipinski definition) is 0. The van der Waals surface area contributed by atoms with E-state index >= 15 is 0 Å². The quantitative estimate of drug-likeness (QED) is 0.719. The highest BCUT2D eigenvalue weighted by molar-refractivity contribution is 5.19. The molecule has 2 rings (SSSR count). The van der Waals surface area contributed by atoms with Gasteiger partial charge in [-0.3, -0.25) is 0 Å². The second kappa shape index (κ2) is 5.42. The highest BCUT2D eigenvalue weighted by Crippen LogP contribution is 2.19. The molecule has 1 aliphatic carbocycles. The van der Waals surface area contributed by atoms with Crippen LogP contribution in [0, 0.1) is 0 Å². The lowest BCUT2D eigenvalue weighted by Crippen LogP contribution is -2.05. The molecule has 0 saturated heterocycles. The molecule has 88 valence electrons. The van der Waals surface area contributed by atoms with Crippen LogP contribution in [-0.4, -0.2) is 9.97 Å². The summed E-state index contributed by atoms with van der Waals surface area (Å²) in [6.07, 6.45) is 11.1. The first-order valence-electron chi connectivity index (χ1n) is 6.62. The van der Waals surface area contributed by atoms with Gasteiger partial charge in [-0.15, -0.1) is 0 Å². The summed E-state index contributed by atoms with van der Waals surface area (Å²) < 4.78 is 0. The average Bonchev–Trinajstić information content (AvgIpc) is 2.39. The van der Waals surface area contributed by atoms with Gasteiger partial charge in [0.2, 0.25) is 0 Å². The molecule has 1 aromatic rings. The molecule has 0 saturated carbocycles. The molecular weight excluding hydrogens is 196 g/mol. The van der Waals surface area contributed by atoms with Crippen molar-refractivity contribution in [3.05, 3.63) is 23.3 Å². The summed E-state index contributed by atoms with van der Waals surface area (Å²) in [6.45, 7) is 4.33. The van der Waals surface area contributed by atoms with E-state index < -0.39 is 0 Å². The van der Waals surface area contributed by atoms with Crippen LogP contribution in [0.25, 0.3) is 0 Å². The lowest BCUT2D eigenvalue weighted by atomic mass is 10.1. The molecule has 2 nitrogen and oxygen atoms in total. The molecule has 0 bridgehead atoms. The fourth-order valence-corrected chi connectivity index (χ4v) is 2.30. The normalized spacial score (nSPS) is 17.4. The van der Waals surface area contributed by atoms with E-state index in [4.69, 9.17) is 4.98 Å². The minimum absolute atomic E-state index is 0.443. The van der Waals surface area contributed by atoms with E-state index in [1.165, 1.54) is 49.8 Å². The van der Waals surface area contributed by atoms with Crippen LogP contribution >= 0.6 is 0 Å². The lowest BCUT2D eigenvalue weighted by Gasteiger charge is -2.10. The van der Waals surface area contributed by atoms with Gasteiger partial charge in [0.1, 0.15) is 5.82 Å². The molecule has 1 aliphatic rings. The Morgan fingerprint density at radius 1 is 1.00 bits per heavy atom. The second-order valence-corrected chi connectivity index (χ2v) is 5.12. The van der Waals surface area contributed by atoms with Crippen molar-refractivity contribution in [1.29, 1.82) is 0 Å². The molecule has 1 heterocycles. The number of aromatic nitrogens is 2. The molecule has 0 aliphatic heterocycles. The first kappa shape index (κ1) is 11.6. The Labute approximate surface area is 98.5 Å². The fourth-order valence-electron chi connectivity index (χ4n) is 2.30. The monoisotopic (exact) mass is 218 g/mol. The van der Waals surface area contributed by atoms with Gasteiger partial charge in [-0.25, -0.2) is 9.97 Å². The standard InChI is InChI=1S/C14H22N2/c1-11(2)14-15-10-12-8-6-4-3-5-7-9-13(12)16-14/h10-11H,3-9H2,1-2H3. The van der Waals surface area contributed by atoms with Gasteiger partial charge in [0.25, 0.3) is 0 Å². The largest absolute Gasteiger partial charge is 0.241 e. The molecular formula is C14H22N2. The number of fused-ring (bicyclic) bond motifs is 1. The van der Waals surface area contributed by atoms with Gasteiger partial charge in [-0.1, -0.05) is 33.1 Å². The Hall–Kier alpha value is -0.920. The van der Waals surface area contributed by atoms with Gasteiger partial charge in [0, 0.05) is 17.8 Å². The first-order chi connectivity index (χ1) is 7.77. The minimum atomic E-state index is 0.443. The van der Waals surface area contributed by atoms with Crippen LogP contribution in [0.5, 0.6) is 0 Å². The Kier molecular flexibility index (Phi) is 3.92. The molecule has 2 heteroatoms. The fraction of sp³-hybridized carbons (Fsp3) is 0.714. The van der Waals surface area contributed by atoms with Crippen LogP contribution in [0.3, 0.4) is 0 Å². The number of aryl methyl sites for hydroxylation is 2. The molecule has 0 amide bonds.